The molecule has 1 aliphatic heterocycles. The average molecular weight is 410 g/mol. The highest BCUT2D eigenvalue weighted by atomic mass is 32.2. The molecule has 3 N–H and O–H groups in total. The maximum Gasteiger partial charge on any atom is 0.243 e. The molecule has 1 heterocycles. The molecule has 1 saturated heterocycles. The topological polar surface area (TPSA) is 70.2 Å². The van der Waals surface area contributed by atoms with Crippen molar-refractivity contribution in [3.63, 3.8) is 0 Å². The number of rotatable bonds is 4. The lowest BCUT2D eigenvalue weighted by Crippen LogP contribution is -2.49. The second-order valence-electron chi connectivity index (χ2n) is 8.95. The summed E-state index contributed by atoms with van der Waals surface area (Å²) in [7, 11) is 0. The van der Waals surface area contributed by atoms with Crippen molar-refractivity contribution >= 4 is 23.6 Å². The fourth-order valence-corrected chi connectivity index (χ4v) is 7.47. The van der Waals surface area contributed by atoms with Gasteiger partial charge in [0, 0.05) is 23.3 Å². The molecule has 28 heavy (non-hydrogen) atoms. The van der Waals surface area contributed by atoms with Crippen LogP contribution in [0.25, 0.3) is 0 Å². The van der Waals surface area contributed by atoms with Crippen LogP contribution in [0.15, 0.2) is 12.7 Å². The van der Waals surface area contributed by atoms with E-state index in [9.17, 15) is 14.0 Å². The molecule has 0 aromatic rings. The zero-order chi connectivity index (χ0) is 19.7. The Morgan fingerprint density at radius 2 is 1.93 bits per heavy atom. The molecule has 4 fully saturated rings. The lowest BCUT2D eigenvalue weighted by molar-refractivity contribution is -0.127. The van der Waals surface area contributed by atoms with Crippen molar-refractivity contribution in [2.75, 3.05) is 0 Å². The number of fused-ring (bicyclic) bond motifs is 3. The predicted molar refractivity (Wildman–Crippen MR) is 109 cm³/mol. The monoisotopic (exact) mass is 409 g/mol. The first-order chi connectivity index (χ1) is 13.5. The number of halogens is 1. The lowest BCUT2D eigenvalue weighted by Gasteiger charge is -2.42. The fraction of sp³-hybridized carbons (Fsp3) is 0.810. The molecule has 0 aromatic carbocycles. The highest BCUT2D eigenvalue weighted by molar-refractivity contribution is 8.00. The number of hydrogen-bond acceptors (Lipinski definition) is 4. The Kier molecular flexibility index (Phi) is 6.30. The summed E-state index contributed by atoms with van der Waals surface area (Å²) in [6, 6.07) is 0.483. The Hall–Kier alpha value is -1.08. The van der Waals surface area contributed by atoms with Gasteiger partial charge in [-0.25, -0.2) is 4.39 Å². The van der Waals surface area contributed by atoms with Gasteiger partial charge in [0.25, 0.3) is 0 Å². The SMILES string of the molecule is C=CC(=O)N[C@H]1CCC[C@@H](C(=O)NC2NC3CCC4CC(F)CCC4C3S2)C1. The largest absolute Gasteiger partial charge is 0.350 e. The van der Waals surface area contributed by atoms with Gasteiger partial charge in [0.05, 0.1) is 0 Å². The van der Waals surface area contributed by atoms with E-state index in [4.69, 9.17) is 0 Å². The summed E-state index contributed by atoms with van der Waals surface area (Å²) >= 11 is 1.84. The molecule has 3 saturated carbocycles. The zero-order valence-corrected chi connectivity index (χ0v) is 17.2. The molecule has 4 rings (SSSR count). The third kappa shape index (κ3) is 4.40. The summed E-state index contributed by atoms with van der Waals surface area (Å²) in [5.74, 6) is 0.967. The number of thioether (sulfide) groups is 1. The summed E-state index contributed by atoms with van der Waals surface area (Å²) < 4.78 is 13.8. The van der Waals surface area contributed by atoms with Crippen LogP contribution in [0.3, 0.4) is 0 Å². The van der Waals surface area contributed by atoms with E-state index in [1.54, 1.807) is 0 Å². The number of alkyl halides is 1. The third-order valence-electron chi connectivity index (χ3n) is 7.15. The molecule has 8 atom stereocenters. The highest BCUT2D eigenvalue weighted by Gasteiger charge is 2.48. The van der Waals surface area contributed by atoms with Gasteiger partial charge in [-0.3, -0.25) is 14.9 Å². The molecular weight excluding hydrogens is 377 g/mol. The second kappa shape index (κ2) is 8.74. The van der Waals surface area contributed by atoms with Gasteiger partial charge in [0.15, 0.2) is 0 Å². The number of carbonyl (C=O) groups is 2. The van der Waals surface area contributed by atoms with E-state index in [-0.39, 0.29) is 29.3 Å². The molecule has 0 spiro atoms. The summed E-state index contributed by atoms with van der Waals surface area (Å²) in [5, 5.41) is 10.2. The van der Waals surface area contributed by atoms with Crippen LogP contribution in [0.5, 0.6) is 0 Å². The summed E-state index contributed by atoms with van der Waals surface area (Å²) in [5.41, 5.74) is -0.0486. The fourth-order valence-electron chi connectivity index (χ4n) is 5.76. The molecule has 6 unspecified atom stereocenters. The first-order valence-electron chi connectivity index (χ1n) is 10.8. The minimum Gasteiger partial charge on any atom is -0.350 e. The van der Waals surface area contributed by atoms with E-state index in [0.717, 1.165) is 44.9 Å². The van der Waals surface area contributed by atoms with Crippen molar-refractivity contribution in [2.24, 2.45) is 17.8 Å². The van der Waals surface area contributed by atoms with Gasteiger partial charge in [-0.15, -0.1) is 11.8 Å². The van der Waals surface area contributed by atoms with Gasteiger partial charge in [-0.1, -0.05) is 13.0 Å². The average Bonchev–Trinajstić information content (AvgIpc) is 3.10. The van der Waals surface area contributed by atoms with Crippen LogP contribution in [-0.2, 0) is 9.59 Å². The van der Waals surface area contributed by atoms with E-state index in [1.807, 2.05) is 11.8 Å². The van der Waals surface area contributed by atoms with E-state index in [2.05, 4.69) is 22.5 Å². The summed E-state index contributed by atoms with van der Waals surface area (Å²) in [4.78, 5) is 24.4. The van der Waals surface area contributed by atoms with Gasteiger partial charge >= 0.3 is 0 Å². The number of nitrogens with one attached hydrogen (secondary N) is 3. The molecule has 5 nitrogen and oxygen atoms in total. The van der Waals surface area contributed by atoms with Gasteiger partial charge in [-0.05, 0) is 69.3 Å². The van der Waals surface area contributed by atoms with E-state index >= 15 is 0 Å². The standard InChI is InChI=1S/C21H32FN3O2S/c1-2-18(26)23-15-5-3-4-13(11-15)20(27)25-21-24-17-9-6-12-10-14(22)7-8-16(12)19(17)28-21/h2,12-17,19,21,24H,1,3-11H2,(H,23,26)(H,25,27)/t12?,13-,14?,15+,16?,17?,19?,21?/m1/s1. The Labute approximate surface area is 171 Å². The zero-order valence-electron chi connectivity index (χ0n) is 16.4. The first-order valence-corrected chi connectivity index (χ1v) is 11.8. The minimum atomic E-state index is -0.617. The quantitative estimate of drug-likeness (QED) is 0.625. The van der Waals surface area contributed by atoms with Crippen molar-refractivity contribution < 1.29 is 14.0 Å². The van der Waals surface area contributed by atoms with Crippen LogP contribution in [-0.4, -0.2) is 40.8 Å². The molecule has 0 radical (unpaired) electrons. The van der Waals surface area contributed by atoms with Crippen molar-refractivity contribution in [1.82, 2.24) is 16.0 Å². The van der Waals surface area contributed by atoms with Crippen LogP contribution in [0, 0.1) is 17.8 Å². The van der Waals surface area contributed by atoms with Gasteiger partial charge in [0.2, 0.25) is 11.8 Å². The first kappa shape index (κ1) is 20.2. The lowest BCUT2D eigenvalue weighted by atomic mass is 9.68. The molecular formula is C21H32FN3O2S. The van der Waals surface area contributed by atoms with Gasteiger partial charge in [0.1, 0.15) is 11.7 Å². The number of carbonyl (C=O) groups excluding carboxylic acids is 2. The van der Waals surface area contributed by atoms with Crippen LogP contribution in [0.1, 0.15) is 57.8 Å². The van der Waals surface area contributed by atoms with Crippen molar-refractivity contribution in [1.29, 1.82) is 0 Å². The van der Waals surface area contributed by atoms with E-state index < -0.39 is 6.17 Å². The van der Waals surface area contributed by atoms with Crippen LogP contribution in [0.4, 0.5) is 4.39 Å². The Morgan fingerprint density at radius 3 is 2.75 bits per heavy atom. The summed E-state index contributed by atoms with van der Waals surface area (Å²) in [6.45, 7) is 3.49. The molecule has 156 valence electrons. The molecule has 0 bridgehead atoms. The second-order valence-corrected chi connectivity index (χ2v) is 10.2. The molecule has 0 aromatic heterocycles. The van der Waals surface area contributed by atoms with E-state index in [1.165, 1.54) is 6.08 Å². The Balaban J connectivity index is 1.30. The maximum atomic E-state index is 13.8. The smallest absolute Gasteiger partial charge is 0.243 e. The maximum absolute atomic E-state index is 13.8. The van der Waals surface area contributed by atoms with E-state index in [0.29, 0.717) is 36.0 Å². The minimum absolute atomic E-state index is 0.0486. The summed E-state index contributed by atoms with van der Waals surface area (Å²) in [6.07, 6.45) is 8.69. The van der Waals surface area contributed by atoms with Crippen LogP contribution >= 0.6 is 11.8 Å². The normalized spacial score (nSPS) is 42.8. The number of hydrogen-bond donors (Lipinski definition) is 3. The van der Waals surface area contributed by atoms with Crippen molar-refractivity contribution in [3.8, 4) is 0 Å². The predicted octanol–water partition coefficient (Wildman–Crippen LogP) is 2.87. The van der Waals surface area contributed by atoms with Crippen LogP contribution in [0.2, 0.25) is 0 Å². The molecule has 2 amide bonds. The highest BCUT2D eigenvalue weighted by Crippen LogP contribution is 2.49. The van der Waals surface area contributed by atoms with Gasteiger partial charge in [-0.2, -0.15) is 0 Å². The molecule has 7 heteroatoms. The molecule has 3 aliphatic carbocycles. The van der Waals surface area contributed by atoms with Crippen LogP contribution < -0.4 is 16.0 Å². The van der Waals surface area contributed by atoms with Crippen molar-refractivity contribution in [3.05, 3.63) is 12.7 Å². The number of amides is 2. The molecule has 4 aliphatic rings. The third-order valence-corrected chi connectivity index (χ3v) is 8.67. The Morgan fingerprint density at radius 1 is 1.07 bits per heavy atom. The van der Waals surface area contributed by atoms with Gasteiger partial charge < -0.3 is 10.6 Å². The van der Waals surface area contributed by atoms with Crippen molar-refractivity contribution in [2.45, 2.75) is 86.8 Å². The Bertz CT molecular complexity index is 618.